The number of hydrogen-bond donors (Lipinski definition) is 1. The van der Waals surface area contributed by atoms with E-state index in [1.165, 1.54) is 27.6 Å². The lowest BCUT2D eigenvalue weighted by atomic mass is 9.98. The van der Waals surface area contributed by atoms with Crippen LogP contribution in [0.2, 0.25) is 0 Å². The Morgan fingerprint density at radius 2 is 2.08 bits per heavy atom. The fraction of sp³-hybridized carbons (Fsp3) is 0.222. The van der Waals surface area contributed by atoms with Crippen molar-refractivity contribution >= 4 is 55.5 Å². The lowest BCUT2D eigenvalue weighted by molar-refractivity contribution is -0.132. The third-order valence-corrected chi connectivity index (χ3v) is 8.23. The molecule has 2 atom stereocenters. The first-order valence-electron chi connectivity index (χ1n) is 11.6. The number of aliphatic hydroxyl groups excluding tert-OH is 1. The smallest absolute Gasteiger partial charge is 0.301 e. The van der Waals surface area contributed by atoms with Crippen molar-refractivity contribution in [2.24, 2.45) is 0 Å². The van der Waals surface area contributed by atoms with Crippen LogP contribution in [0.1, 0.15) is 35.9 Å². The normalized spacial score (nSPS) is 20.7. The Labute approximate surface area is 215 Å². The summed E-state index contributed by atoms with van der Waals surface area (Å²) in [6, 6.07) is 13.8. The molecule has 4 aromatic rings. The third-order valence-electron chi connectivity index (χ3n) is 6.29. The Morgan fingerprint density at radius 1 is 1.22 bits per heavy atom. The molecule has 4 heterocycles. The van der Waals surface area contributed by atoms with Crippen LogP contribution >= 0.6 is 22.7 Å². The molecule has 0 aliphatic carbocycles. The number of Topliss-reactive ketones (excluding diaryl/α,β-unsaturated/α-hetero) is 1. The van der Waals surface area contributed by atoms with E-state index in [0.717, 1.165) is 20.9 Å². The monoisotopic (exact) mass is 518 g/mol. The minimum absolute atomic E-state index is 0.0522. The van der Waals surface area contributed by atoms with Crippen molar-refractivity contribution in [3.8, 4) is 11.5 Å². The number of fused-ring (bicyclic) bond motifs is 2. The minimum Gasteiger partial charge on any atom is -0.507 e. The highest BCUT2D eigenvalue weighted by molar-refractivity contribution is 7.22. The second kappa shape index (κ2) is 8.76. The summed E-state index contributed by atoms with van der Waals surface area (Å²) in [6.07, 6.45) is 0.769. The number of aliphatic hydroxyl groups is 1. The van der Waals surface area contributed by atoms with E-state index in [4.69, 9.17) is 9.47 Å². The Hall–Kier alpha value is -3.69. The number of benzene rings is 2. The average Bonchev–Trinajstić information content (AvgIpc) is 3.64. The number of carbonyl (C=O) groups excluding carboxylic acids is 2. The van der Waals surface area contributed by atoms with E-state index in [0.29, 0.717) is 35.0 Å². The maximum atomic E-state index is 13.4. The summed E-state index contributed by atoms with van der Waals surface area (Å²) in [7, 11) is 0. The number of amides is 1. The zero-order valence-corrected chi connectivity index (χ0v) is 21.2. The number of rotatable bonds is 5. The number of aromatic nitrogens is 1. The molecule has 2 aliphatic heterocycles. The molecule has 0 unspecified atom stereocenters. The number of thiazole rings is 1. The first-order chi connectivity index (χ1) is 17.4. The van der Waals surface area contributed by atoms with Crippen LogP contribution in [0.25, 0.3) is 16.0 Å². The SMILES string of the molecule is CCOc1ccc2nc(N3C(=O)C(=O)/C(=C(/O)c4ccc5c(c4)C[C@H](C)O5)[C@H]3c3cccs3)sc2c1. The molecule has 1 N–H and O–H groups in total. The van der Waals surface area contributed by atoms with Crippen LogP contribution < -0.4 is 14.4 Å². The molecular weight excluding hydrogens is 496 g/mol. The van der Waals surface area contributed by atoms with E-state index < -0.39 is 17.7 Å². The highest BCUT2D eigenvalue weighted by atomic mass is 32.1. The standard InChI is InChI=1S/C27H22N2O5S2/c1-3-33-17-7-8-18-21(13-17)36-27(28-18)29-23(20-5-4-10-35-20)22(25(31)26(29)32)24(30)15-6-9-19-16(12-15)11-14(2)34-19/h4-10,12-14,23,30H,3,11H2,1-2H3/b24-22+/t14-,23+/m0/s1. The van der Waals surface area contributed by atoms with Gasteiger partial charge in [0.1, 0.15) is 29.4 Å². The van der Waals surface area contributed by atoms with Gasteiger partial charge in [-0.1, -0.05) is 17.4 Å². The van der Waals surface area contributed by atoms with Crippen LogP contribution in [0, 0.1) is 0 Å². The molecule has 36 heavy (non-hydrogen) atoms. The van der Waals surface area contributed by atoms with Gasteiger partial charge < -0.3 is 14.6 Å². The number of nitrogens with zero attached hydrogens (tertiary/aromatic N) is 2. The maximum Gasteiger partial charge on any atom is 0.301 e. The molecule has 9 heteroatoms. The molecule has 1 saturated heterocycles. The first kappa shape index (κ1) is 22.8. The molecule has 0 radical (unpaired) electrons. The van der Waals surface area contributed by atoms with Crippen molar-refractivity contribution in [1.82, 2.24) is 4.98 Å². The van der Waals surface area contributed by atoms with E-state index in [1.807, 2.05) is 55.6 Å². The Kier molecular flexibility index (Phi) is 5.54. The van der Waals surface area contributed by atoms with E-state index in [9.17, 15) is 14.7 Å². The van der Waals surface area contributed by atoms with Crippen molar-refractivity contribution in [3.05, 3.63) is 75.5 Å². The molecule has 0 bridgehead atoms. The zero-order valence-electron chi connectivity index (χ0n) is 19.6. The molecule has 1 amide bonds. The maximum absolute atomic E-state index is 13.4. The van der Waals surface area contributed by atoms with Gasteiger partial charge in [-0.2, -0.15) is 0 Å². The summed E-state index contributed by atoms with van der Waals surface area (Å²) in [5, 5.41) is 13.7. The van der Waals surface area contributed by atoms with Gasteiger partial charge in [0, 0.05) is 16.9 Å². The van der Waals surface area contributed by atoms with Gasteiger partial charge >= 0.3 is 5.91 Å². The van der Waals surface area contributed by atoms with Crippen molar-refractivity contribution in [2.45, 2.75) is 32.4 Å². The number of hydrogen-bond acceptors (Lipinski definition) is 8. The molecule has 2 aliphatic rings. The van der Waals surface area contributed by atoms with Crippen molar-refractivity contribution in [1.29, 1.82) is 0 Å². The molecule has 0 spiro atoms. The van der Waals surface area contributed by atoms with Crippen LogP contribution in [0.3, 0.4) is 0 Å². The van der Waals surface area contributed by atoms with E-state index >= 15 is 0 Å². The molecule has 0 saturated carbocycles. The topological polar surface area (TPSA) is 89.0 Å². The number of carbonyl (C=O) groups is 2. The average molecular weight is 519 g/mol. The molecule has 2 aromatic heterocycles. The number of anilines is 1. The highest BCUT2D eigenvalue weighted by Crippen LogP contribution is 2.46. The molecule has 1 fully saturated rings. The fourth-order valence-electron chi connectivity index (χ4n) is 4.72. The summed E-state index contributed by atoms with van der Waals surface area (Å²) in [4.78, 5) is 33.6. The lowest BCUT2D eigenvalue weighted by Gasteiger charge is -2.21. The van der Waals surface area contributed by atoms with Gasteiger partial charge in [-0.15, -0.1) is 11.3 Å². The van der Waals surface area contributed by atoms with Crippen LogP contribution in [-0.4, -0.2) is 34.5 Å². The molecule has 182 valence electrons. The van der Waals surface area contributed by atoms with Gasteiger partial charge in [-0.25, -0.2) is 4.98 Å². The fourth-order valence-corrected chi connectivity index (χ4v) is 6.57. The number of thiophene rings is 1. The van der Waals surface area contributed by atoms with E-state index in [2.05, 4.69) is 4.98 Å². The quantitative estimate of drug-likeness (QED) is 0.207. The van der Waals surface area contributed by atoms with Crippen LogP contribution in [-0.2, 0) is 16.0 Å². The summed E-state index contributed by atoms with van der Waals surface area (Å²) >= 11 is 2.73. The summed E-state index contributed by atoms with van der Waals surface area (Å²) in [5.74, 6) is -0.152. The van der Waals surface area contributed by atoms with Crippen LogP contribution in [0.4, 0.5) is 5.13 Å². The minimum atomic E-state index is -0.777. The van der Waals surface area contributed by atoms with Gasteiger partial charge in [0.15, 0.2) is 5.13 Å². The molecular formula is C27H22N2O5S2. The van der Waals surface area contributed by atoms with Crippen molar-refractivity contribution in [3.63, 3.8) is 0 Å². The zero-order chi connectivity index (χ0) is 25.0. The first-order valence-corrected chi connectivity index (χ1v) is 13.3. The second-order valence-corrected chi connectivity index (χ2v) is 10.7. The Balaban J connectivity index is 1.48. The van der Waals surface area contributed by atoms with Crippen LogP contribution in [0.15, 0.2) is 59.5 Å². The highest BCUT2D eigenvalue weighted by Gasteiger charge is 2.48. The predicted molar refractivity (Wildman–Crippen MR) is 140 cm³/mol. The second-order valence-electron chi connectivity index (χ2n) is 8.70. The van der Waals surface area contributed by atoms with Gasteiger partial charge in [0.05, 0.1) is 22.4 Å². The van der Waals surface area contributed by atoms with Crippen molar-refractivity contribution in [2.75, 3.05) is 11.5 Å². The van der Waals surface area contributed by atoms with Gasteiger partial charge in [-0.05, 0) is 67.3 Å². The van der Waals surface area contributed by atoms with E-state index in [1.54, 1.807) is 12.1 Å². The van der Waals surface area contributed by atoms with Gasteiger partial charge in [0.25, 0.3) is 5.78 Å². The number of ether oxygens (including phenoxy) is 2. The summed E-state index contributed by atoms with van der Waals surface area (Å²) in [5.41, 5.74) is 2.21. The van der Waals surface area contributed by atoms with E-state index in [-0.39, 0.29) is 17.4 Å². The van der Waals surface area contributed by atoms with Gasteiger partial charge in [0.2, 0.25) is 0 Å². The molecule has 7 nitrogen and oxygen atoms in total. The molecule has 2 aromatic carbocycles. The Bertz CT molecular complexity index is 1540. The number of ketones is 1. The Morgan fingerprint density at radius 3 is 2.86 bits per heavy atom. The summed E-state index contributed by atoms with van der Waals surface area (Å²) in [6.45, 7) is 4.44. The van der Waals surface area contributed by atoms with Crippen LogP contribution in [0.5, 0.6) is 11.5 Å². The van der Waals surface area contributed by atoms with Gasteiger partial charge in [-0.3, -0.25) is 14.5 Å². The largest absolute Gasteiger partial charge is 0.507 e. The third kappa shape index (κ3) is 3.66. The lowest BCUT2D eigenvalue weighted by Crippen LogP contribution is -2.28. The molecule has 6 rings (SSSR count). The summed E-state index contributed by atoms with van der Waals surface area (Å²) < 4.78 is 12.2. The van der Waals surface area contributed by atoms with Crippen molar-refractivity contribution < 1.29 is 24.2 Å². The predicted octanol–water partition coefficient (Wildman–Crippen LogP) is 5.71.